The van der Waals surface area contributed by atoms with E-state index < -0.39 is 18.8 Å². The number of benzene rings is 1. The number of carboxylic acid groups (broad SMARTS) is 1. The molecule has 0 spiro atoms. The van der Waals surface area contributed by atoms with Crippen LogP contribution in [-0.2, 0) is 0 Å². The van der Waals surface area contributed by atoms with Crippen LogP contribution in [0.1, 0.15) is 10.4 Å². The molecule has 0 saturated heterocycles. The van der Waals surface area contributed by atoms with Gasteiger partial charge in [-0.2, -0.15) is 13.2 Å². The zero-order valence-electron chi connectivity index (χ0n) is 7.71. The lowest BCUT2D eigenvalue weighted by Crippen LogP contribution is -2.20. The van der Waals surface area contributed by atoms with Gasteiger partial charge >= 0.3 is 12.1 Å². The van der Waals surface area contributed by atoms with Gasteiger partial charge in [-0.1, -0.05) is 6.07 Å². The molecule has 0 saturated carbocycles. The summed E-state index contributed by atoms with van der Waals surface area (Å²) in [4.78, 5) is 10.7. The van der Waals surface area contributed by atoms with E-state index in [1.165, 1.54) is 18.2 Å². The maximum atomic E-state index is 11.9. The first kappa shape index (κ1) is 12.8. The molecule has 88 valence electrons. The predicted octanol–water partition coefficient (Wildman–Crippen LogP) is 3.09. The van der Waals surface area contributed by atoms with E-state index in [0.29, 0.717) is 0 Å². The highest BCUT2D eigenvalue weighted by Gasteiger charge is 2.29. The minimum Gasteiger partial charge on any atom is -0.482 e. The molecule has 1 rings (SSSR count). The Kier molecular flexibility index (Phi) is 3.79. The second-order valence-electron chi connectivity index (χ2n) is 2.83. The number of alkyl halides is 3. The molecule has 0 fully saturated rings. The maximum Gasteiger partial charge on any atom is 0.422 e. The molecule has 0 aliphatic carbocycles. The summed E-state index contributed by atoms with van der Waals surface area (Å²) in [6.07, 6.45) is -4.51. The normalized spacial score (nSPS) is 11.2. The van der Waals surface area contributed by atoms with Crippen molar-refractivity contribution in [3.05, 3.63) is 28.2 Å². The molecule has 1 aromatic rings. The maximum absolute atomic E-state index is 11.9. The summed E-state index contributed by atoms with van der Waals surface area (Å²) in [5.41, 5.74) is -0.321. The Morgan fingerprint density at radius 2 is 2.06 bits per heavy atom. The van der Waals surface area contributed by atoms with E-state index in [0.717, 1.165) is 0 Å². The van der Waals surface area contributed by atoms with Gasteiger partial charge in [0.1, 0.15) is 11.3 Å². The lowest BCUT2D eigenvalue weighted by molar-refractivity contribution is -0.153. The van der Waals surface area contributed by atoms with Crippen LogP contribution in [0.15, 0.2) is 22.7 Å². The van der Waals surface area contributed by atoms with Crippen LogP contribution in [0.5, 0.6) is 5.75 Å². The highest BCUT2D eigenvalue weighted by Crippen LogP contribution is 2.30. The van der Waals surface area contributed by atoms with Crippen molar-refractivity contribution >= 4 is 21.9 Å². The summed E-state index contributed by atoms with van der Waals surface area (Å²) >= 11 is 2.93. The van der Waals surface area contributed by atoms with E-state index in [1.54, 1.807) is 0 Å². The molecule has 0 aromatic heterocycles. The molecule has 0 bridgehead atoms. The van der Waals surface area contributed by atoms with E-state index >= 15 is 0 Å². The Balaban J connectivity index is 2.98. The second kappa shape index (κ2) is 4.73. The number of aromatic carboxylic acids is 1. The Bertz CT molecular complexity index is 403. The second-order valence-corrected chi connectivity index (χ2v) is 3.68. The SMILES string of the molecule is O=C(O)c1cccc(Br)c1OCC(F)(F)F. The molecule has 0 unspecified atom stereocenters. The summed E-state index contributed by atoms with van der Waals surface area (Å²) in [7, 11) is 0. The van der Waals surface area contributed by atoms with Gasteiger partial charge in [0.2, 0.25) is 0 Å². The van der Waals surface area contributed by atoms with Crippen molar-refractivity contribution in [3.8, 4) is 5.75 Å². The first-order chi connectivity index (χ1) is 7.31. The van der Waals surface area contributed by atoms with E-state index in [4.69, 9.17) is 5.11 Å². The quantitative estimate of drug-likeness (QED) is 0.933. The van der Waals surface area contributed by atoms with Crippen LogP contribution in [-0.4, -0.2) is 23.9 Å². The van der Waals surface area contributed by atoms with E-state index in [9.17, 15) is 18.0 Å². The Morgan fingerprint density at radius 3 is 2.56 bits per heavy atom. The molecule has 0 heterocycles. The molecule has 0 aliphatic heterocycles. The van der Waals surface area contributed by atoms with Gasteiger partial charge in [0, 0.05) is 0 Å². The molecule has 1 aromatic carbocycles. The topological polar surface area (TPSA) is 46.5 Å². The largest absolute Gasteiger partial charge is 0.482 e. The Morgan fingerprint density at radius 1 is 1.44 bits per heavy atom. The van der Waals surface area contributed by atoms with Crippen molar-refractivity contribution < 1.29 is 27.8 Å². The highest BCUT2D eigenvalue weighted by molar-refractivity contribution is 9.10. The third-order valence-electron chi connectivity index (χ3n) is 1.58. The number of para-hydroxylation sites is 1. The lowest BCUT2D eigenvalue weighted by atomic mass is 10.2. The summed E-state index contributed by atoms with van der Waals surface area (Å²) < 4.78 is 40.4. The van der Waals surface area contributed by atoms with Crippen molar-refractivity contribution in [1.29, 1.82) is 0 Å². The molecule has 0 radical (unpaired) electrons. The van der Waals surface area contributed by atoms with Gasteiger partial charge < -0.3 is 9.84 Å². The first-order valence-electron chi connectivity index (χ1n) is 4.02. The molecule has 16 heavy (non-hydrogen) atoms. The third-order valence-corrected chi connectivity index (χ3v) is 2.20. The smallest absolute Gasteiger partial charge is 0.422 e. The summed E-state index contributed by atoms with van der Waals surface area (Å²) in [6, 6.07) is 3.96. The standard InChI is InChI=1S/C9H6BrF3O3/c10-6-3-1-2-5(8(14)15)7(6)16-4-9(11,12)13/h1-3H,4H2,(H,14,15). The minimum absolute atomic E-state index is 0.164. The lowest BCUT2D eigenvalue weighted by Gasteiger charge is -2.12. The van der Waals surface area contributed by atoms with Crippen molar-refractivity contribution in [2.75, 3.05) is 6.61 Å². The summed E-state index contributed by atoms with van der Waals surface area (Å²) in [5.74, 6) is -1.68. The highest BCUT2D eigenvalue weighted by atomic mass is 79.9. The van der Waals surface area contributed by atoms with Crippen molar-refractivity contribution in [2.45, 2.75) is 6.18 Å². The monoisotopic (exact) mass is 298 g/mol. The average Bonchev–Trinajstić information content (AvgIpc) is 2.13. The number of rotatable bonds is 3. The van der Waals surface area contributed by atoms with Gasteiger partial charge in [0.05, 0.1) is 4.47 Å². The molecule has 3 nitrogen and oxygen atoms in total. The summed E-state index contributed by atoms with van der Waals surface area (Å²) in [5, 5.41) is 8.74. The van der Waals surface area contributed by atoms with E-state index in [1.807, 2.05) is 0 Å². The number of halogens is 4. The van der Waals surface area contributed by atoms with Gasteiger partial charge in [0.25, 0.3) is 0 Å². The van der Waals surface area contributed by atoms with Crippen LogP contribution in [0.25, 0.3) is 0 Å². The van der Waals surface area contributed by atoms with E-state index in [-0.39, 0.29) is 15.8 Å². The Labute approximate surface area is 97.0 Å². The van der Waals surface area contributed by atoms with Gasteiger partial charge in [-0.3, -0.25) is 0 Å². The zero-order valence-corrected chi connectivity index (χ0v) is 9.30. The van der Waals surface area contributed by atoms with Gasteiger partial charge in [0.15, 0.2) is 6.61 Å². The van der Waals surface area contributed by atoms with E-state index in [2.05, 4.69) is 20.7 Å². The molecular formula is C9H6BrF3O3. The first-order valence-corrected chi connectivity index (χ1v) is 4.82. The van der Waals surface area contributed by atoms with Crippen LogP contribution in [0, 0.1) is 0 Å². The van der Waals surface area contributed by atoms with Crippen LogP contribution in [0.4, 0.5) is 13.2 Å². The van der Waals surface area contributed by atoms with Crippen LogP contribution in [0.3, 0.4) is 0 Å². The number of carboxylic acids is 1. The summed E-state index contributed by atoms with van der Waals surface area (Å²) in [6.45, 7) is -1.53. The molecule has 0 atom stereocenters. The molecule has 1 N–H and O–H groups in total. The van der Waals surface area contributed by atoms with Gasteiger partial charge in [-0.05, 0) is 28.1 Å². The molecule has 7 heteroatoms. The van der Waals surface area contributed by atoms with Crippen molar-refractivity contribution in [1.82, 2.24) is 0 Å². The zero-order chi connectivity index (χ0) is 12.3. The minimum atomic E-state index is -4.51. The van der Waals surface area contributed by atoms with Gasteiger partial charge in [-0.25, -0.2) is 4.79 Å². The average molecular weight is 299 g/mol. The third kappa shape index (κ3) is 3.41. The molecular weight excluding hydrogens is 293 g/mol. The fourth-order valence-corrected chi connectivity index (χ4v) is 1.46. The van der Waals surface area contributed by atoms with Crippen molar-refractivity contribution in [2.24, 2.45) is 0 Å². The number of hydrogen-bond acceptors (Lipinski definition) is 2. The fourth-order valence-electron chi connectivity index (χ4n) is 0.978. The van der Waals surface area contributed by atoms with Crippen LogP contribution >= 0.6 is 15.9 Å². The van der Waals surface area contributed by atoms with Crippen molar-refractivity contribution in [3.63, 3.8) is 0 Å². The molecule has 0 aliphatic rings. The number of hydrogen-bond donors (Lipinski definition) is 1. The molecule has 0 amide bonds. The Hall–Kier alpha value is -1.24. The van der Waals surface area contributed by atoms with Crippen LogP contribution in [0.2, 0.25) is 0 Å². The predicted molar refractivity (Wildman–Crippen MR) is 52.7 cm³/mol. The van der Waals surface area contributed by atoms with Crippen LogP contribution < -0.4 is 4.74 Å². The van der Waals surface area contributed by atoms with Gasteiger partial charge in [-0.15, -0.1) is 0 Å². The number of carbonyl (C=O) groups is 1. The fraction of sp³-hybridized carbons (Fsp3) is 0.222. The number of ether oxygens (including phenoxy) is 1.